The Hall–Kier alpha value is -1.62. The molecule has 0 amide bonds. The van der Waals surface area contributed by atoms with Gasteiger partial charge in [0.25, 0.3) is 0 Å². The zero-order valence-corrected chi connectivity index (χ0v) is 9.60. The highest BCUT2D eigenvalue weighted by molar-refractivity contribution is 5.63. The van der Waals surface area contributed by atoms with Gasteiger partial charge in [-0.25, -0.2) is 9.78 Å². The fourth-order valence-electron chi connectivity index (χ4n) is 1.12. The van der Waals surface area contributed by atoms with E-state index >= 15 is 0 Å². The zero-order chi connectivity index (χ0) is 12.0. The molecular weight excluding hydrogens is 210 g/mol. The highest BCUT2D eigenvalue weighted by atomic mass is 16.7. The van der Waals surface area contributed by atoms with Crippen molar-refractivity contribution in [3.63, 3.8) is 0 Å². The summed E-state index contributed by atoms with van der Waals surface area (Å²) in [6.45, 7) is 3.76. The van der Waals surface area contributed by atoms with E-state index in [1.165, 1.54) is 13.3 Å². The monoisotopic (exact) mass is 225 g/mol. The fraction of sp³-hybridized carbons (Fsp3) is 0.455. The van der Waals surface area contributed by atoms with Crippen molar-refractivity contribution in [2.75, 3.05) is 13.7 Å². The van der Waals surface area contributed by atoms with Crippen LogP contribution in [0.2, 0.25) is 0 Å². The Morgan fingerprint density at radius 1 is 1.44 bits per heavy atom. The number of carbonyl (C=O) groups is 1. The van der Waals surface area contributed by atoms with Gasteiger partial charge in [-0.15, -0.1) is 0 Å². The Bertz CT molecular complexity index is 337. The summed E-state index contributed by atoms with van der Waals surface area (Å²) in [5.74, 6) is 0.209. The van der Waals surface area contributed by atoms with Crippen LogP contribution in [0.15, 0.2) is 24.4 Å². The van der Waals surface area contributed by atoms with Gasteiger partial charge in [-0.05, 0) is 19.9 Å². The summed E-state index contributed by atoms with van der Waals surface area (Å²) in [5, 5.41) is 0. The molecule has 0 spiro atoms. The van der Waals surface area contributed by atoms with E-state index in [9.17, 15) is 4.79 Å². The van der Waals surface area contributed by atoms with Gasteiger partial charge in [0.1, 0.15) is 5.60 Å². The minimum Gasteiger partial charge on any atom is -0.425 e. The lowest BCUT2D eigenvalue weighted by Gasteiger charge is -2.22. The number of carbonyl (C=O) groups excluding carboxylic acids is 1. The number of pyridine rings is 1. The van der Waals surface area contributed by atoms with Crippen molar-refractivity contribution in [2.45, 2.75) is 19.4 Å². The molecule has 0 saturated heterocycles. The molecule has 0 aliphatic rings. The number of aromatic nitrogens is 1. The number of ether oxygens (including phenoxy) is 3. The number of hydrogen-bond acceptors (Lipinski definition) is 5. The van der Waals surface area contributed by atoms with E-state index in [4.69, 9.17) is 14.2 Å². The first-order valence-electron chi connectivity index (χ1n) is 4.84. The Balaban J connectivity index is 2.48. The molecule has 5 nitrogen and oxygen atoms in total. The van der Waals surface area contributed by atoms with Crippen LogP contribution in [0.25, 0.3) is 0 Å². The molecule has 0 bridgehead atoms. The smallest absolute Gasteiger partial charge is 0.425 e. The van der Waals surface area contributed by atoms with Crippen LogP contribution >= 0.6 is 0 Å². The maximum Gasteiger partial charge on any atom is 0.515 e. The molecule has 0 aliphatic heterocycles. The Morgan fingerprint density at radius 3 is 2.75 bits per heavy atom. The quantitative estimate of drug-likeness (QED) is 0.734. The van der Waals surface area contributed by atoms with Crippen LogP contribution in [0.5, 0.6) is 5.88 Å². The van der Waals surface area contributed by atoms with Crippen molar-refractivity contribution in [1.29, 1.82) is 0 Å². The second kappa shape index (κ2) is 5.46. The van der Waals surface area contributed by atoms with Crippen LogP contribution in [0.3, 0.4) is 0 Å². The number of hydrogen-bond donors (Lipinski definition) is 0. The summed E-state index contributed by atoms with van der Waals surface area (Å²) in [7, 11) is 1.54. The van der Waals surface area contributed by atoms with E-state index in [1.807, 2.05) is 0 Å². The molecule has 0 unspecified atom stereocenters. The van der Waals surface area contributed by atoms with Crippen LogP contribution in [-0.2, 0) is 9.47 Å². The molecule has 0 atom stereocenters. The number of rotatable bonds is 4. The van der Waals surface area contributed by atoms with Crippen molar-refractivity contribution in [1.82, 2.24) is 4.98 Å². The van der Waals surface area contributed by atoms with Crippen LogP contribution in [0.4, 0.5) is 4.79 Å². The maximum atomic E-state index is 11.4. The molecule has 16 heavy (non-hydrogen) atoms. The van der Waals surface area contributed by atoms with E-state index < -0.39 is 11.8 Å². The normalized spacial score (nSPS) is 10.9. The van der Waals surface area contributed by atoms with Gasteiger partial charge in [-0.1, -0.05) is 6.07 Å². The van der Waals surface area contributed by atoms with Crippen LogP contribution in [0, 0.1) is 0 Å². The van der Waals surface area contributed by atoms with E-state index in [1.54, 1.807) is 32.0 Å². The molecule has 88 valence electrons. The molecule has 1 rings (SSSR count). The summed E-state index contributed by atoms with van der Waals surface area (Å²) in [4.78, 5) is 15.2. The second-order valence-corrected chi connectivity index (χ2v) is 3.81. The molecule has 0 N–H and O–H groups in total. The SMILES string of the molecule is COCC(C)(C)OC(=O)Oc1ccccn1. The standard InChI is InChI=1S/C11H15NO4/c1-11(2,8-14-3)16-10(13)15-9-6-4-5-7-12-9/h4-7H,8H2,1-3H3. The summed E-state index contributed by atoms with van der Waals surface area (Å²) in [5.41, 5.74) is -0.722. The molecule has 0 aliphatic carbocycles. The molecule has 0 aromatic carbocycles. The molecular formula is C11H15NO4. The Kier molecular flexibility index (Phi) is 4.25. The van der Waals surface area contributed by atoms with Crippen LogP contribution in [0.1, 0.15) is 13.8 Å². The average molecular weight is 225 g/mol. The molecule has 1 aromatic heterocycles. The Labute approximate surface area is 94.3 Å². The van der Waals surface area contributed by atoms with Crippen molar-refractivity contribution in [2.24, 2.45) is 0 Å². The summed E-state index contributed by atoms with van der Waals surface area (Å²) in [6, 6.07) is 5.02. The predicted molar refractivity (Wildman–Crippen MR) is 57.3 cm³/mol. The fourth-order valence-corrected chi connectivity index (χ4v) is 1.12. The first-order valence-corrected chi connectivity index (χ1v) is 4.84. The third kappa shape index (κ3) is 4.27. The third-order valence-electron chi connectivity index (χ3n) is 1.68. The van der Waals surface area contributed by atoms with E-state index in [2.05, 4.69) is 4.98 Å². The summed E-state index contributed by atoms with van der Waals surface area (Å²) in [6.07, 6.45) is 0.740. The van der Waals surface area contributed by atoms with Crippen molar-refractivity contribution < 1.29 is 19.0 Å². The maximum absolute atomic E-state index is 11.4. The molecule has 1 heterocycles. The van der Waals surface area contributed by atoms with Crippen molar-refractivity contribution in [3.8, 4) is 5.88 Å². The zero-order valence-electron chi connectivity index (χ0n) is 9.60. The van der Waals surface area contributed by atoms with Crippen molar-refractivity contribution in [3.05, 3.63) is 24.4 Å². The topological polar surface area (TPSA) is 57.7 Å². The molecule has 0 saturated carbocycles. The molecule has 1 aromatic rings. The lowest BCUT2D eigenvalue weighted by atomic mass is 10.1. The predicted octanol–water partition coefficient (Wildman–Crippen LogP) is 2.02. The van der Waals surface area contributed by atoms with Gasteiger partial charge in [0, 0.05) is 19.4 Å². The minimum atomic E-state index is -0.791. The summed E-state index contributed by atoms with van der Waals surface area (Å²) < 4.78 is 14.8. The number of methoxy groups -OCH3 is 1. The van der Waals surface area contributed by atoms with Crippen LogP contribution in [-0.4, -0.2) is 30.5 Å². The van der Waals surface area contributed by atoms with E-state index in [0.717, 1.165) is 0 Å². The second-order valence-electron chi connectivity index (χ2n) is 3.81. The molecule has 5 heteroatoms. The third-order valence-corrected chi connectivity index (χ3v) is 1.68. The van der Waals surface area contributed by atoms with Gasteiger partial charge in [0.05, 0.1) is 6.61 Å². The highest BCUT2D eigenvalue weighted by Crippen LogP contribution is 2.12. The van der Waals surface area contributed by atoms with E-state index in [-0.39, 0.29) is 5.88 Å². The van der Waals surface area contributed by atoms with Gasteiger partial charge in [0.15, 0.2) is 0 Å². The first kappa shape index (κ1) is 12.4. The van der Waals surface area contributed by atoms with Crippen LogP contribution < -0.4 is 4.74 Å². The van der Waals surface area contributed by atoms with Gasteiger partial charge in [0.2, 0.25) is 5.88 Å². The van der Waals surface area contributed by atoms with Gasteiger partial charge in [-0.2, -0.15) is 0 Å². The largest absolute Gasteiger partial charge is 0.515 e. The van der Waals surface area contributed by atoms with Crippen molar-refractivity contribution >= 4 is 6.16 Å². The molecule has 0 fully saturated rings. The van der Waals surface area contributed by atoms with Gasteiger partial charge >= 0.3 is 6.16 Å². The average Bonchev–Trinajstić information content (AvgIpc) is 2.17. The molecule has 0 radical (unpaired) electrons. The summed E-state index contributed by atoms with van der Waals surface area (Å²) >= 11 is 0. The van der Waals surface area contributed by atoms with Gasteiger partial charge in [-0.3, -0.25) is 0 Å². The first-order chi connectivity index (χ1) is 7.53. The van der Waals surface area contributed by atoms with Gasteiger partial charge < -0.3 is 14.2 Å². The number of nitrogens with zero attached hydrogens (tertiary/aromatic N) is 1. The lowest BCUT2D eigenvalue weighted by molar-refractivity contribution is -0.0366. The van der Waals surface area contributed by atoms with E-state index in [0.29, 0.717) is 6.61 Å². The minimum absolute atomic E-state index is 0.209. The highest BCUT2D eigenvalue weighted by Gasteiger charge is 2.24. The Morgan fingerprint density at radius 2 is 2.19 bits per heavy atom. The lowest BCUT2D eigenvalue weighted by Crippen LogP contribution is -2.34.